The van der Waals surface area contributed by atoms with Gasteiger partial charge in [0, 0.05) is 23.8 Å². The first-order chi connectivity index (χ1) is 13.0. The van der Waals surface area contributed by atoms with E-state index in [0.717, 1.165) is 5.75 Å². The van der Waals surface area contributed by atoms with E-state index in [1.807, 2.05) is 13.8 Å². The molecule has 0 fully saturated rings. The maximum Gasteiger partial charge on any atom is 0.258 e. The van der Waals surface area contributed by atoms with Crippen molar-refractivity contribution in [3.63, 3.8) is 0 Å². The molecule has 0 radical (unpaired) electrons. The molecule has 2 aromatic carbocycles. The maximum atomic E-state index is 13.2. The van der Waals surface area contributed by atoms with Crippen LogP contribution in [-0.4, -0.2) is 22.0 Å². The van der Waals surface area contributed by atoms with Gasteiger partial charge in [-0.3, -0.25) is 4.79 Å². The lowest BCUT2D eigenvalue weighted by Gasteiger charge is -2.10. The van der Waals surface area contributed by atoms with Crippen LogP contribution in [0.25, 0.3) is 0 Å². The summed E-state index contributed by atoms with van der Waals surface area (Å²) < 4.78 is 18.8. The van der Waals surface area contributed by atoms with Gasteiger partial charge >= 0.3 is 0 Å². The van der Waals surface area contributed by atoms with E-state index in [1.165, 1.54) is 24.5 Å². The molecular formula is C20H19FN4O2. The number of nitrogens with one attached hydrogen (secondary N) is 2. The van der Waals surface area contributed by atoms with Crippen molar-refractivity contribution < 1.29 is 13.9 Å². The van der Waals surface area contributed by atoms with Crippen LogP contribution in [0.3, 0.4) is 0 Å². The zero-order valence-corrected chi connectivity index (χ0v) is 14.9. The number of hydrogen-bond donors (Lipinski definition) is 2. The van der Waals surface area contributed by atoms with Gasteiger partial charge in [0.05, 0.1) is 11.7 Å². The number of hydrogen-bond acceptors (Lipinski definition) is 5. The van der Waals surface area contributed by atoms with Crippen LogP contribution in [0.15, 0.2) is 60.9 Å². The highest BCUT2D eigenvalue weighted by molar-refractivity contribution is 6.03. The molecule has 0 unspecified atom stereocenters. The Bertz CT molecular complexity index is 912. The van der Waals surface area contributed by atoms with Crippen LogP contribution in [0.4, 0.5) is 21.7 Å². The second-order valence-electron chi connectivity index (χ2n) is 6.08. The molecule has 0 atom stereocenters. The normalized spacial score (nSPS) is 10.5. The molecule has 7 heteroatoms. The lowest BCUT2D eigenvalue weighted by atomic mass is 10.2. The van der Waals surface area contributed by atoms with Gasteiger partial charge in [-0.25, -0.2) is 14.4 Å². The van der Waals surface area contributed by atoms with Crippen LogP contribution in [0.1, 0.15) is 24.2 Å². The highest BCUT2D eigenvalue weighted by Crippen LogP contribution is 2.18. The molecule has 1 heterocycles. The molecule has 0 aliphatic heterocycles. The number of carbonyl (C=O) groups excluding carboxylic acids is 1. The summed E-state index contributed by atoms with van der Waals surface area (Å²) in [6, 6.07) is 13.1. The first-order valence-electron chi connectivity index (χ1n) is 8.42. The van der Waals surface area contributed by atoms with E-state index in [2.05, 4.69) is 20.6 Å². The Morgan fingerprint density at radius 2 is 1.74 bits per heavy atom. The number of amides is 1. The Morgan fingerprint density at radius 1 is 1.04 bits per heavy atom. The molecule has 3 aromatic rings. The molecule has 0 saturated heterocycles. The Kier molecular flexibility index (Phi) is 5.61. The fraction of sp³-hybridized carbons (Fsp3) is 0.150. The zero-order chi connectivity index (χ0) is 19.2. The van der Waals surface area contributed by atoms with Gasteiger partial charge < -0.3 is 15.4 Å². The van der Waals surface area contributed by atoms with E-state index in [-0.39, 0.29) is 23.8 Å². The maximum absolute atomic E-state index is 13.2. The van der Waals surface area contributed by atoms with Crippen molar-refractivity contribution in [3.05, 3.63) is 72.3 Å². The van der Waals surface area contributed by atoms with Gasteiger partial charge in [0.25, 0.3) is 5.91 Å². The summed E-state index contributed by atoms with van der Waals surface area (Å²) in [7, 11) is 0. The number of rotatable bonds is 6. The predicted octanol–water partition coefficient (Wildman–Crippen LogP) is 4.40. The molecule has 0 spiro atoms. The lowest BCUT2D eigenvalue weighted by molar-refractivity contribution is 0.102. The van der Waals surface area contributed by atoms with Crippen LogP contribution in [0.5, 0.6) is 5.75 Å². The minimum Gasteiger partial charge on any atom is -0.491 e. The summed E-state index contributed by atoms with van der Waals surface area (Å²) in [5, 5.41) is 5.65. The third-order valence-corrected chi connectivity index (χ3v) is 3.48. The summed E-state index contributed by atoms with van der Waals surface area (Å²) in [4.78, 5) is 20.5. The topological polar surface area (TPSA) is 76.1 Å². The average Bonchev–Trinajstić information content (AvgIpc) is 2.63. The Labute approximate surface area is 156 Å². The summed E-state index contributed by atoms with van der Waals surface area (Å²) in [5.41, 5.74) is 1.47. The second-order valence-corrected chi connectivity index (χ2v) is 6.08. The molecular weight excluding hydrogens is 347 g/mol. The SMILES string of the molecule is CC(C)Oc1ccc(NC(=O)c2cnc(Nc3cccc(F)c3)nc2)cc1. The Balaban J connectivity index is 1.61. The molecule has 138 valence electrons. The van der Waals surface area contributed by atoms with Gasteiger partial charge in [0.15, 0.2) is 0 Å². The third kappa shape index (κ3) is 5.24. The standard InChI is InChI=1S/C20H19FN4O2/c1-13(2)27-18-8-6-16(7-9-18)24-19(26)14-11-22-20(23-12-14)25-17-5-3-4-15(21)10-17/h3-13H,1-2H3,(H,24,26)(H,22,23,25). The highest BCUT2D eigenvalue weighted by atomic mass is 19.1. The number of benzene rings is 2. The zero-order valence-electron chi connectivity index (χ0n) is 14.9. The molecule has 27 heavy (non-hydrogen) atoms. The molecule has 6 nitrogen and oxygen atoms in total. The molecule has 0 aliphatic rings. The highest BCUT2D eigenvalue weighted by Gasteiger charge is 2.08. The molecule has 2 N–H and O–H groups in total. The molecule has 0 aliphatic carbocycles. The van der Waals surface area contributed by atoms with Crippen molar-refractivity contribution >= 4 is 23.2 Å². The van der Waals surface area contributed by atoms with E-state index < -0.39 is 0 Å². The Morgan fingerprint density at radius 3 is 2.37 bits per heavy atom. The van der Waals surface area contributed by atoms with Crippen LogP contribution in [0.2, 0.25) is 0 Å². The summed E-state index contributed by atoms with van der Waals surface area (Å²) in [6.07, 6.45) is 2.89. The van der Waals surface area contributed by atoms with E-state index >= 15 is 0 Å². The third-order valence-electron chi connectivity index (χ3n) is 3.48. The number of aromatic nitrogens is 2. The van der Waals surface area contributed by atoms with E-state index in [9.17, 15) is 9.18 Å². The van der Waals surface area contributed by atoms with Gasteiger partial charge in [0.1, 0.15) is 11.6 Å². The van der Waals surface area contributed by atoms with E-state index in [4.69, 9.17) is 4.74 Å². The van der Waals surface area contributed by atoms with Crippen molar-refractivity contribution in [2.24, 2.45) is 0 Å². The monoisotopic (exact) mass is 366 g/mol. The van der Waals surface area contributed by atoms with Crippen molar-refractivity contribution in [3.8, 4) is 5.75 Å². The largest absolute Gasteiger partial charge is 0.491 e. The Hall–Kier alpha value is -3.48. The quantitative estimate of drug-likeness (QED) is 0.676. The molecule has 0 bridgehead atoms. The van der Waals surface area contributed by atoms with Gasteiger partial charge in [-0.15, -0.1) is 0 Å². The minimum atomic E-state index is -0.360. The molecule has 0 saturated carbocycles. The average molecular weight is 366 g/mol. The van der Waals surface area contributed by atoms with Crippen LogP contribution < -0.4 is 15.4 Å². The lowest BCUT2D eigenvalue weighted by Crippen LogP contribution is -2.13. The predicted molar refractivity (Wildman–Crippen MR) is 102 cm³/mol. The van der Waals surface area contributed by atoms with E-state index in [1.54, 1.807) is 36.4 Å². The van der Waals surface area contributed by atoms with Gasteiger partial charge in [-0.05, 0) is 56.3 Å². The summed E-state index contributed by atoms with van der Waals surface area (Å²) in [6.45, 7) is 3.89. The van der Waals surface area contributed by atoms with Crippen LogP contribution in [-0.2, 0) is 0 Å². The second kappa shape index (κ2) is 8.27. The number of anilines is 3. The fourth-order valence-corrected chi connectivity index (χ4v) is 2.30. The van der Waals surface area contributed by atoms with Crippen LogP contribution >= 0.6 is 0 Å². The van der Waals surface area contributed by atoms with Gasteiger partial charge in [-0.1, -0.05) is 6.07 Å². The van der Waals surface area contributed by atoms with Gasteiger partial charge in [0.2, 0.25) is 5.95 Å². The fourth-order valence-electron chi connectivity index (χ4n) is 2.30. The summed E-state index contributed by atoms with van der Waals surface area (Å²) in [5.74, 6) is 0.317. The number of ether oxygens (including phenoxy) is 1. The molecule has 1 aromatic heterocycles. The van der Waals surface area contributed by atoms with Crippen molar-refractivity contribution in [2.45, 2.75) is 20.0 Å². The first kappa shape index (κ1) is 18.3. The number of carbonyl (C=O) groups is 1. The van der Waals surface area contributed by atoms with Gasteiger partial charge in [-0.2, -0.15) is 0 Å². The number of nitrogens with zero attached hydrogens (tertiary/aromatic N) is 2. The smallest absolute Gasteiger partial charge is 0.258 e. The number of halogens is 1. The van der Waals surface area contributed by atoms with Crippen molar-refractivity contribution in [2.75, 3.05) is 10.6 Å². The summed E-state index contributed by atoms with van der Waals surface area (Å²) >= 11 is 0. The van der Waals surface area contributed by atoms with E-state index in [0.29, 0.717) is 16.9 Å². The first-order valence-corrected chi connectivity index (χ1v) is 8.42. The van der Waals surface area contributed by atoms with Crippen LogP contribution in [0, 0.1) is 5.82 Å². The van der Waals surface area contributed by atoms with Crippen molar-refractivity contribution in [1.29, 1.82) is 0 Å². The molecule has 3 rings (SSSR count). The molecule has 1 amide bonds. The minimum absolute atomic E-state index is 0.0853. The van der Waals surface area contributed by atoms with Crippen molar-refractivity contribution in [1.82, 2.24) is 9.97 Å².